The summed E-state index contributed by atoms with van der Waals surface area (Å²) in [5.74, 6) is -0.182. The standard InChI is InChI=1S/C16H14N2O/c1-11-6-5-7-12(2)15(11)16(19)18-14-9-4-3-8-13(14)10-17/h3-9H,1-2H3,(H,18,19). The molecule has 0 saturated heterocycles. The number of benzene rings is 2. The summed E-state index contributed by atoms with van der Waals surface area (Å²) >= 11 is 0. The molecule has 0 radical (unpaired) electrons. The first kappa shape index (κ1) is 12.8. The maximum absolute atomic E-state index is 12.3. The average molecular weight is 250 g/mol. The second-order valence-corrected chi connectivity index (χ2v) is 4.38. The highest BCUT2D eigenvalue weighted by Gasteiger charge is 2.13. The van der Waals surface area contributed by atoms with Crippen LogP contribution in [0.3, 0.4) is 0 Å². The average Bonchev–Trinajstić information content (AvgIpc) is 2.39. The highest BCUT2D eigenvalue weighted by molar-refractivity contribution is 6.06. The molecule has 1 amide bonds. The molecule has 0 atom stereocenters. The van der Waals surface area contributed by atoms with Gasteiger partial charge in [-0.3, -0.25) is 4.79 Å². The van der Waals surface area contributed by atoms with Crippen molar-refractivity contribution in [1.29, 1.82) is 5.26 Å². The second-order valence-electron chi connectivity index (χ2n) is 4.38. The van der Waals surface area contributed by atoms with Gasteiger partial charge < -0.3 is 5.32 Å². The molecule has 0 aliphatic heterocycles. The van der Waals surface area contributed by atoms with Crippen LogP contribution in [-0.2, 0) is 0 Å². The largest absolute Gasteiger partial charge is 0.321 e. The van der Waals surface area contributed by atoms with E-state index in [9.17, 15) is 4.79 Å². The third kappa shape index (κ3) is 2.63. The van der Waals surface area contributed by atoms with E-state index in [0.717, 1.165) is 11.1 Å². The van der Waals surface area contributed by atoms with Crippen LogP contribution in [0.15, 0.2) is 42.5 Å². The molecule has 19 heavy (non-hydrogen) atoms. The van der Waals surface area contributed by atoms with Gasteiger partial charge in [-0.15, -0.1) is 0 Å². The van der Waals surface area contributed by atoms with Gasteiger partial charge in [0.15, 0.2) is 0 Å². The molecule has 0 heterocycles. The summed E-state index contributed by atoms with van der Waals surface area (Å²) in [6, 6.07) is 14.8. The fraction of sp³-hybridized carbons (Fsp3) is 0.125. The van der Waals surface area contributed by atoms with Crippen LogP contribution in [0.25, 0.3) is 0 Å². The molecule has 0 unspecified atom stereocenters. The molecule has 2 rings (SSSR count). The van der Waals surface area contributed by atoms with Crippen molar-refractivity contribution in [2.45, 2.75) is 13.8 Å². The minimum absolute atomic E-state index is 0.182. The molecule has 2 aromatic carbocycles. The van der Waals surface area contributed by atoms with Gasteiger partial charge in [-0.25, -0.2) is 0 Å². The SMILES string of the molecule is Cc1cccc(C)c1C(=O)Nc1ccccc1C#N. The van der Waals surface area contributed by atoms with Crippen LogP contribution in [0.2, 0.25) is 0 Å². The molecular formula is C16H14N2O. The minimum Gasteiger partial charge on any atom is -0.321 e. The zero-order valence-electron chi connectivity index (χ0n) is 10.9. The first-order valence-corrected chi connectivity index (χ1v) is 6.00. The second kappa shape index (κ2) is 5.36. The van der Waals surface area contributed by atoms with Crippen LogP contribution >= 0.6 is 0 Å². The Morgan fingerprint density at radius 3 is 2.32 bits per heavy atom. The zero-order chi connectivity index (χ0) is 13.8. The van der Waals surface area contributed by atoms with E-state index in [-0.39, 0.29) is 5.91 Å². The van der Waals surface area contributed by atoms with Crippen molar-refractivity contribution in [3.05, 3.63) is 64.7 Å². The molecule has 0 saturated carbocycles. The predicted octanol–water partition coefficient (Wildman–Crippen LogP) is 3.43. The number of anilines is 1. The third-order valence-electron chi connectivity index (χ3n) is 3.00. The maximum Gasteiger partial charge on any atom is 0.256 e. The molecule has 94 valence electrons. The van der Waals surface area contributed by atoms with Gasteiger partial charge in [-0.1, -0.05) is 30.3 Å². The quantitative estimate of drug-likeness (QED) is 0.887. The van der Waals surface area contributed by atoms with Gasteiger partial charge in [0.25, 0.3) is 5.91 Å². The summed E-state index contributed by atoms with van der Waals surface area (Å²) in [5, 5.41) is 11.8. The molecule has 0 spiro atoms. The van der Waals surface area contributed by atoms with Gasteiger partial charge >= 0.3 is 0 Å². The molecule has 0 aromatic heterocycles. The van der Waals surface area contributed by atoms with Crippen molar-refractivity contribution in [3.8, 4) is 6.07 Å². The first-order chi connectivity index (χ1) is 9.13. The fourth-order valence-electron chi connectivity index (χ4n) is 2.05. The van der Waals surface area contributed by atoms with Crippen LogP contribution < -0.4 is 5.32 Å². The summed E-state index contributed by atoms with van der Waals surface area (Å²) in [4.78, 5) is 12.3. The Labute approximate surface area is 112 Å². The summed E-state index contributed by atoms with van der Waals surface area (Å²) in [7, 11) is 0. The van der Waals surface area contributed by atoms with Crippen LogP contribution in [0.5, 0.6) is 0 Å². The molecule has 3 nitrogen and oxygen atoms in total. The highest BCUT2D eigenvalue weighted by Crippen LogP contribution is 2.18. The summed E-state index contributed by atoms with van der Waals surface area (Å²) in [6.07, 6.45) is 0. The van der Waals surface area contributed by atoms with Crippen LogP contribution in [0.1, 0.15) is 27.0 Å². The fourth-order valence-corrected chi connectivity index (χ4v) is 2.05. The van der Waals surface area contributed by atoms with E-state index in [1.165, 1.54) is 0 Å². The number of rotatable bonds is 2. The Hall–Kier alpha value is -2.60. The number of aryl methyl sites for hydroxylation is 2. The lowest BCUT2D eigenvalue weighted by molar-refractivity contribution is 0.102. The normalized spacial score (nSPS) is 9.74. The molecule has 1 N–H and O–H groups in total. The number of nitrogens with zero attached hydrogens (tertiary/aromatic N) is 1. The van der Waals surface area contributed by atoms with Gasteiger partial charge in [0, 0.05) is 5.56 Å². The van der Waals surface area contributed by atoms with E-state index in [1.807, 2.05) is 32.0 Å². The van der Waals surface area contributed by atoms with E-state index in [2.05, 4.69) is 11.4 Å². The van der Waals surface area contributed by atoms with Crippen molar-refractivity contribution in [3.63, 3.8) is 0 Å². The monoisotopic (exact) mass is 250 g/mol. The van der Waals surface area contributed by atoms with Gasteiger partial charge in [-0.05, 0) is 37.1 Å². The summed E-state index contributed by atoms with van der Waals surface area (Å²) < 4.78 is 0. The minimum atomic E-state index is -0.182. The van der Waals surface area contributed by atoms with Crippen molar-refractivity contribution >= 4 is 11.6 Å². The van der Waals surface area contributed by atoms with Crippen molar-refractivity contribution in [2.75, 3.05) is 5.32 Å². The number of carbonyl (C=O) groups excluding carboxylic acids is 1. The number of hydrogen-bond donors (Lipinski definition) is 1. The number of hydrogen-bond acceptors (Lipinski definition) is 2. The maximum atomic E-state index is 12.3. The Bertz CT molecular complexity index is 648. The van der Waals surface area contributed by atoms with Crippen LogP contribution in [-0.4, -0.2) is 5.91 Å². The van der Waals surface area contributed by atoms with Crippen molar-refractivity contribution in [1.82, 2.24) is 0 Å². The molecule has 0 bridgehead atoms. The molecule has 2 aromatic rings. The predicted molar refractivity (Wildman–Crippen MR) is 75.0 cm³/mol. The number of nitrogens with one attached hydrogen (secondary N) is 1. The van der Waals surface area contributed by atoms with E-state index in [1.54, 1.807) is 24.3 Å². The van der Waals surface area contributed by atoms with Crippen molar-refractivity contribution in [2.24, 2.45) is 0 Å². The highest BCUT2D eigenvalue weighted by atomic mass is 16.1. The van der Waals surface area contributed by atoms with E-state index in [4.69, 9.17) is 5.26 Å². The van der Waals surface area contributed by atoms with Crippen LogP contribution in [0.4, 0.5) is 5.69 Å². The molecule has 0 aliphatic rings. The van der Waals surface area contributed by atoms with E-state index >= 15 is 0 Å². The lowest BCUT2D eigenvalue weighted by atomic mass is 10.0. The molecule has 3 heteroatoms. The zero-order valence-corrected chi connectivity index (χ0v) is 10.9. The lowest BCUT2D eigenvalue weighted by Crippen LogP contribution is -2.15. The number of carbonyl (C=O) groups is 1. The van der Waals surface area contributed by atoms with Gasteiger partial charge in [0.1, 0.15) is 6.07 Å². The Balaban J connectivity index is 2.35. The van der Waals surface area contributed by atoms with E-state index in [0.29, 0.717) is 16.8 Å². The smallest absolute Gasteiger partial charge is 0.256 e. The van der Waals surface area contributed by atoms with Gasteiger partial charge in [0.05, 0.1) is 11.3 Å². The molecular weight excluding hydrogens is 236 g/mol. The number of para-hydroxylation sites is 1. The van der Waals surface area contributed by atoms with E-state index < -0.39 is 0 Å². The Morgan fingerprint density at radius 2 is 1.68 bits per heavy atom. The molecule has 0 aliphatic carbocycles. The van der Waals surface area contributed by atoms with Gasteiger partial charge in [-0.2, -0.15) is 5.26 Å². The number of amides is 1. The molecule has 0 fully saturated rings. The van der Waals surface area contributed by atoms with Crippen LogP contribution in [0, 0.1) is 25.2 Å². The Kier molecular flexibility index (Phi) is 3.63. The number of nitriles is 1. The Morgan fingerprint density at radius 1 is 1.05 bits per heavy atom. The lowest BCUT2D eigenvalue weighted by Gasteiger charge is -2.11. The third-order valence-corrected chi connectivity index (χ3v) is 3.00. The first-order valence-electron chi connectivity index (χ1n) is 6.00. The summed E-state index contributed by atoms with van der Waals surface area (Å²) in [5.41, 5.74) is 3.51. The van der Waals surface area contributed by atoms with Gasteiger partial charge in [0.2, 0.25) is 0 Å². The summed E-state index contributed by atoms with van der Waals surface area (Å²) in [6.45, 7) is 3.80. The topological polar surface area (TPSA) is 52.9 Å². The van der Waals surface area contributed by atoms with Crippen molar-refractivity contribution < 1.29 is 4.79 Å².